The quantitative estimate of drug-likeness (QED) is 0.816. The number of aliphatic hydroxyl groups is 1. The third-order valence-corrected chi connectivity index (χ3v) is 2.95. The van der Waals surface area contributed by atoms with Crippen molar-refractivity contribution in [3.63, 3.8) is 0 Å². The second kappa shape index (κ2) is 5.73. The molecule has 1 saturated heterocycles. The first kappa shape index (κ1) is 12.7. The monoisotopic (exact) mass is 250 g/mol. The predicted molar refractivity (Wildman–Crippen MR) is 67.6 cm³/mol. The average molecular weight is 250 g/mol. The largest absolute Gasteiger partial charge is 0.491 e. The predicted octanol–water partition coefficient (Wildman–Crippen LogP) is 0.891. The van der Waals surface area contributed by atoms with Gasteiger partial charge in [-0.15, -0.1) is 0 Å². The number of amides is 2. The SMILES string of the molecule is Cc1ccc(OCCN2CCNC2=O)c(CO)c1. The molecule has 18 heavy (non-hydrogen) atoms. The number of rotatable bonds is 5. The number of aliphatic hydroxyl groups excluding tert-OH is 1. The van der Waals surface area contributed by atoms with Gasteiger partial charge in [-0.25, -0.2) is 4.79 Å². The second-order valence-corrected chi connectivity index (χ2v) is 4.34. The molecule has 2 rings (SSSR count). The van der Waals surface area contributed by atoms with Gasteiger partial charge in [0.15, 0.2) is 0 Å². The lowest BCUT2D eigenvalue weighted by molar-refractivity contribution is 0.200. The molecule has 0 aromatic heterocycles. The van der Waals surface area contributed by atoms with Gasteiger partial charge in [-0.1, -0.05) is 17.7 Å². The highest BCUT2D eigenvalue weighted by Crippen LogP contribution is 2.19. The Morgan fingerprint density at radius 2 is 2.33 bits per heavy atom. The molecule has 1 aromatic carbocycles. The van der Waals surface area contributed by atoms with Gasteiger partial charge in [-0.2, -0.15) is 0 Å². The fraction of sp³-hybridized carbons (Fsp3) is 0.462. The minimum atomic E-state index is -0.0405. The van der Waals surface area contributed by atoms with Gasteiger partial charge in [-0.05, 0) is 13.0 Å². The summed E-state index contributed by atoms with van der Waals surface area (Å²) in [5.41, 5.74) is 1.87. The highest BCUT2D eigenvalue weighted by atomic mass is 16.5. The number of nitrogens with zero attached hydrogens (tertiary/aromatic N) is 1. The molecule has 5 nitrogen and oxygen atoms in total. The molecule has 2 amide bonds. The van der Waals surface area contributed by atoms with Gasteiger partial charge in [-0.3, -0.25) is 0 Å². The first-order valence-corrected chi connectivity index (χ1v) is 6.06. The summed E-state index contributed by atoms with van der Waals surface area (Å²) in [6, 6.07) is 5.66. The number of carbonyl (C=O) groups excluding carboxylic acids is 1. The summed E-state index contributed by atoms with van der Waals surface area (Å²) in [5, 5.41) is 12.0. The maximum Gasteiger partial charge on any atom is 0.317 e. The standard InChI is InChI=1S/C13H18N2O3/c1-10-2-3-12(11(8-10)9-16)18-7-6-15-5-4-14-13(15)17/h2-3,8,16H,4-7,9H2,1H3,(H,14,17). The highest BCUT2D eigenvalue weighted by Gasteiger charge is 2.18. The molecule has 0 bridgehead atoms. The molecule has 1 fully saturated rings. The van der Waals surface area contributed by atoms with Crippen molar-refractivity contribution in [1.82, 2.24) is 10.2 Å². The van der Waals surface area contributed by atoms with Crippen LogP contribution in [0.4, 0.5) is 4.79 Å². The van der Waals surface area contributed by atoms with E-state index in [1.165, 1.54) is 0 Å². The van der Waals surface area contributed by atoms with Crippen LogP contribution in [0.25, 0.3) is 0 Å². The lowest BCUT2D eigenvalue weighted by Crippen LogP contribution is -2.31. The first-order chi connectivity index (χ1) is 8.70. The van der Waals surface area contributed by atoms with Crippen LogP contribution < -0.4 is 10.1 Å². The molecule has 0 saturated carbocycles. The summed E-state index contributed by atoms with van der Waals surface area (Å²) >= 11 is 0. The molecule has 0 atom stereocenters. The Labute approximate surface area is 106 Å². The number of carbonyl (C=O) groups is 1. The molecule has 0 radical (unpaired) electrons. The molecule has 0 aliphatic carbocycles. The third-order valence-electron chi connectivity index (χ3n) is 2.95. The van der Waals surface area contributed by atoms with E-state index in [0.29, 0.717) is 25.4 Å². The number of hydrogen-bond donors (Lipinski definition) is 2. The van der Waals surface area contributed by atoms with E-state index in [1.54, 1.807) is 4.90 Å². The molecule has 2 N–H and O–H groups in total. The van der Waals surface area contributed by atoms with Crippen molar-refractivity contribution in [2.75, 3.05) is 26.2 Å². The molecule has 1 aliphatic rings. The fourth-order valence-corrected chi connectivity index (χ4v) is 1.96. The summed E-state index contributed by atoms with van der Waals surface area (Å²) in [6.07, 6.45) is 0. The number of urea groups is 1. The summed E-state index contributed by atoms with van der Waals surface area (Å²) in [5.74, 6) is 0.683. The van der Waals surface area contributed by atoms with Crippen LogP contribution in [0, 0.1) is 6.92 Å². The number of hydrogen-bond acceptors (Lipinski definition) is 3. The van der Waals surface area contributed by atoms with Crippen molar-refractivity contribution in [3.8, 4) is 5.75 Å². The molecular formula is C13H18N2O3. The molecule has 5 heteroatoms. The Kier molecular flexibility index (Phi) is 4.04. The number of benzene rings is 1. The maximum absolute atomic E-state index is 11.3. The van der Waals surface area contributed by atoms with Crippen LogP contribution in [0.2, 0.25) is 0 Å². The van der Waals surface area contributed by atoms with Crippen LogP contribution in [-0.4, -0.2) is 42.3 Å². The van der Waals surface area contributed by atoms with Crippen LogP contribution in [0.15, 0.2) is 18.2 Å². The van der Waals surface area contributed by atoms with Crippen LogP contribution in [-0.2, 0) is 6.61 Å². The van der Waals surface area contributed by atoms with Crippen LogP contribution >= 0.6 is 0 Å². The van der Waals surface area contributed by atoms with Crippen molar-refractivity contribution in [2.45, 2.75) is 13.5 Å². The van der Waals surface area contributed by atoms with Crippen molar-refractivity contribution in [3.05, 3.63) is 29.3 Å². The zero-order valence-electron chi connectivity index (χ0n) is 10.5. The van der Waals surface area contributed by atoms with Crippen LogP contribution in [0.1, 0.15) is 11.1 Å². The molecular weight excluding hydrogens is 232 g/mol. The van der Waals surface area contributed by atoms with E-state index in [0.717, 1.165) is 17.7 Å². The Morgan fingerprint density at radius 1 is 1.50 bits per heavy atom. The van der Waals surface area contributed by atoms with Gasteiger partial charge < -0.3 is 20.1 Å². The minimum Gasteiger partial charge on any atom is -0.491 e. The van der Waals surface area contributed by atoms with Gasteiger partial charge in [0.1, 0.15) is 12.4 Å². The van der Waals surface area contributed by atoms with E-state index >= 15 is 0 Å². The van der Waals surface area contributed by atoms with Gasteiger partial charge in [0.05, 0.1) is 13.2 Å². The van der Waals surface area contributed by atoms with E-state index < -0.39 is 0 Å². The summed E-state index contributed by atoms with van der Waals surface area (Å²) < 4.78 is 5.61. The summed E-state index contributed by atoms with van der Waals surface area (Å²) in [7, 11) is 0. The number of aryl methyl sites for hydroxylation is 1. The van der Waals surface area contributed by atoms with Crippen molar-refractivity contribution < 1.29 is 14.6 Å². The average Bonchev–Trinajstić information content (AvgIpc) is 2.77. The lowest BCUT2D eigenvalue weighted by Gasteiger charge is -2.16. The van der Waals surface area contributed by atoms with E-state index in [-0.39, 0.29) is 12.6 Å². The van der Waals surface area contributed by atoms with Crippen LogP contribution in [0.5, 0.6) is 5.75 Å². The fourth-order valence-electron chi connectivity index (χ4n) is 1.96. The first-order valence-electron chi connectivity index (χ1n) is 6.06. The summed E-state index contributed by atoms with van der Waals surface area (Å²) in [6.45, 7) is 4.35. The molecule has 98 valence electrons. The Balaban J connectivity index is 1.88. The van der Waals surface area contributed by atoms with Crippen molar-refractivity contribution >= 4 is 6.03 Å². The smallest absolute Gasteiger partial charge is 0.317 e. The minimum absolute atomic E-state index is 0.0371. The van der Waals surface area contributed by atoms with Gasteiger partial charge >= 0.3 is 6.03 Å². The molecule has 0 unspecified atom stereocenters. The Morgan fingerprint density at radius 3 is 3.00 bits per heavy atom. The Bertz CT molecular complexity index is 434. The zero-order valence-corrected chi connectivity index (χ0v) is 10.5. The Hall–Kier alpha value is -1.75. The molecule has 1 aromatic rings. The van der Waals surface area contributed by atoms with Crippen LogP contribution in [0.3, 0.4) is 0 Å². The summed E-state index contributed by atoms with van der Waals surface area (Å²) in [4.78, 5) is 13.0. The molecule has 0 spiro atoms. The van der Waals surface area contributed by atoms with E-state index in [4.69, 9.17) is 4.74 Å². The van der Waals surface area contributed by atoms with E-state index in [1.807, 2.05) is 25.1 Å². The molecule has 1 aliphatic heterocycles. The zero-order chi connectivity index (χ0) is 13.0. The van der Waals surface area contributed by atoms with Gasteiger partial charge in [0.25, 0.3) is 0 Å². The van der Waals surface area contributed by atoms with Crippen molar-refractivity contribution in [1.29, 1.82) is 0 Å². The number of nitrogens with one attached hydrogen (secondary N) is 1. The molecule has 1 heterocycles. The normalized spacial score (nSPS) is 14.8. The van der Waals surface area contributed by atoms with E-state index in [2.05, 4.69) is 5.32 Å². The van der Waals surface area contributed by atoms with Crippen molar-refractivity contribution in [2.24, 2.45) is 0 Å². The highest BCUT2D eigenvalue weighted by molar-refractivity contribution is 5.76. The van der Waals surface area contributed by atoms with E-state index in [9.17, 15) is 9.90 Å². The van der Waals surface area contributed by atoms with Gasteiger partial charge in [0.2, 0.25) is 0 Å². The topological polar surface area (TPSA) is 61.8 Å². The maximum atomic E-state index is 11.3. The second-order valence-electron chi connectivity index (χ2n) is 4.34. The lowest BCUT2D eigenvalue weighted by atomic mass is 10.1. The number of ether oxygens (including phenoxy) is 1. The van der Waals surface area contributed by atoms with Gasteiger partial charge in [0, 0.05) is 18.7 Å². The third kappa shape index (κ3) is 2.92.